The van der Waals surface area contributed by atoms with Gasteiger partial charge >= 0.3 is 0 Å². The molecule has 0 unspecified atom stereocenters. The molecule has 0 radical (unpaired) electrons. The second-order valence-electron chi connectivity index (χ2n) is 2.01. The van der Waals surface area contributed by atoms with Crippen LogP contribution < -0.4 is 4.72 Å². The van der Waals surface area contributed by atoms with E-state index in [4.69, 9.17) is 0 Å². The Morgan fingerprint density at radius 2 is 2.42 bits per heavy atom. The third kappa shape index (κ3) is 2.28. The summed E-state index contributed by atoms with van der Waals surface area (Å²) in [5, 5.41) is 1.71. The first-order valence-electron chi connectivity index (χ1n) is 3.19. The quantitative estimate of drug-likeness (QED) is 0.737. The molecule has 0 aromatic carbocycles. The van der Waals surface area contributed by atoms with Crippen LogP contribution >= 0.6 is 11.3 Å². The summed E-state index contributed by atoms with van der Waals surface area (Å²) in [7, 11) is -1.91. The minimum Gasteiger partial charge on any atom is -0.369 e. The van der Waals surface area contributed by atoms with Gasteiger partial charge in [0, 0.05) is 7.11 Å². The summed E-state index contributed by atoms with van der Waals surface area (Å²) < 4.78 is 29.7. The van der Waals surface area contributed by atoms with Crippen molar-refractivity contribution in [2.75, 3.05) is 13.8 Å². The molecular weight excluding hydrogens is 198 g/mol. The number of ether oxygens (including phenoxy) is 1. The molecule has 0 atom stereocenters. The molecule has 68 valence electrons. The second kappa shape index (κ2) is 3.99. The van der Waals surface area contributed by atoms with Crippen molar-refractivity contribution >= 4 is 21.4 Å². The highest BCUT2D eigenvalue weighted by atomic mass is 32.2. The topological polar surface area (TPSA) is 55.4 Å². The molecule has 1 heterocycles. The highest BCUT2D eigenvalue weighted by Gasteiger charge is 2.13. The van der Waals surface area contributed by atoms with Crippen molar-refractivity contribution in [2.24, 2.45) is 0 Å². The van der Waals surface area contributed by atoms with Crippen LogP contribution in [0.2, 0.25) is 0 Å². The van der Waals surface area contributed by atoms with E-state index >= 15 is 0 Å². The Kier molecular flexibility index (Phi) is 3.21. The molecule has 1 aromatic heterocycles. The van der Waals surface area contributed by atoms with E-state index in [9.17, 15) is 8.42 Å². The van der Waals surface area contributed by atoms with Gasteiger partial charge in [-0.25, -0.2) is 8.42 Å². The molecule has 0 bridgehead atoms. The van der Waals surface area contributed by atoms with Crippen LogP contribution in [0.1, 0.15) is 0 Å². The molecule has 0 fully saturated rings. The van der Waals surface area contributed by atoms with Crippen LogP contribution in [-0.2, 0) is 14.8 Å². The van der Waals surface area contributed by atoms with E-state index < -0.39 is 10.0 Å². The molecular formula is C6H9NO3S2. The molecule has 1 rings (SSSR count). The van der Waals surface area contributed by atoms with Gasteiger partial charge in [-0.15, -0.1) is 11.3 Å². The lowest BCUT2D eigenvalue weighted by molar-refractivity contribution is 0.194. The highest BCUT2D eigenvalue weighted by molar-refractivity contribution is 7.91. The van der Waals surface area contributed by atoms with Gasteiger partial charge in [0.05, 0.1) is 0 Å². The van der Waals surface area contributed by atoms with Gasteiger partial charge in [-0.3, -0.25) is 0 Å². The van der Waals surface area contributed by atoms with E-state index in [-0.39, 0.29) is 6.73 Å². The number of thiophene rings is 1. The van der Waals surface area contributed by atoms with Crippen LogP contribution in [0.15, 0.2) is 21.7 Å². The van der Waals surface area contributed by atoms with Crippen molar-refractivity contribution in [3.05, 3.63) is 17.5 Å². The van der Waals surface area contributed by atoms with Crippen LogP contribution in [0.25, 0.3) is 0 Å². The fraction of sp³-hybridized carbons (Fsp3) is 0.333. The summed E-state index contributed by atoms with van der Waals surface area (Å²) in [6.45, 7) is 0.000231. The summed E-state index contributed by atoms with van der Waals surface area (Å²) >= 11 is 1.17. The van der Waals surface area contributed by atoms with Crippen molar-refractivity contribution in [1.29, 1.82) is 0 Å². The standard InChI is InChI=1S/C6H9NO3S2/c1-10-5-7-12(8,9)6-3-2-4-11-6/h2-4,7H,5H2,1H3. The molecule has 1 aromatic rings. The summed E-state index contributed by atoms with van der Waals surface area (Å²) in [4.78, 5) is 0. The third-order valence-corrected chi connectivity index (χ3v) is 3.93. The van der Waals surface area contributed by atoms with Crippen molar-refractivity contribution < 1.29 is 13.2 Å². The predicted molar refractivity (Wildman–Crippen MR) is 46.5 cm³/mol. The van der Waals surface area contributed by atoms with Crippen LogP contribution in [0, 0.1) is 0 Å². The third-order valence-electron chi connectivity index (χ3n) is 1.15. The molecule has 0 amide bonds. The summed E-state index contributed by atoms with van der Waals surface area (Å²) in [6, 6.07) is 3.23. The molecule has 0 aliphatic rings. The second-order valence-corrected chi connectivity index (χ2v) is 4.95. The predicted octanol–water partition coefficient (Wildman–Crippen LogP) is 0.630. The van der Waals surface area contributed by atoms with Gasteiger partial charge in [-0.1, -0.05) is 6.07 Å². The number of rotatable bonds is 4. The highest BCUT2D eigenvalue weighted by Crippen LogP contribution is 2.14. The SMILES string of the molecule is COCNS(=O)(=O)c1cccs1. The fourth-order valence-corrected chi connectivity index (χ4v) is 2.60. The zero-order valence-electron chi connectivity index (χ0n) is 6.48. The van der Waals surface area contributed by atoms with Gasteiger partial charge in [0.2, 0.25) is 0 Å². The van der Waals surface area contributed by atoms with E-state index in [0.29, 0.717) is 4.21 Å². The van der Waals surface area contributed by atoms with Crippen LogP contribution in [0.5, 0.6) is 0 Å². The van der Waals surface area contributed by atoms with Crippen molar-refractivity contribution in [3.63, 3.8) is 0 Å². The van der Waals surface area contributed by atoms with Crippen LogP contribution in [0.3, 0.4) is 0 Å². The number of sulfonamides is 1. The van der Waals surface area contributed by atoms with E-state index in [2.05, 4.69) is 9.46 Å². The van der Waals surface area contributed by atoms with Crippen molar-refractivity contribution in [1.82, 2.24) is 4.72 Å². The lowest BCUT2D eigenvalue weighted by Crippen LogP contribution is -2.24. The maximum Gasteiger partial charge on any atom is 0.251 e. The van der Waals surface area contributed by atoms with Crippen LogP contribution in [0.4, 0.5) is 0 Å². The summed E-state index contributed by atoms with van der Waals surface area (Å²) in [5.41, 5.74) is 0. The number of nitrogens with one attached hydrogen (secondary N) is 1. The first-order chi connectivity index (χ1) is 5.67. The molecule has 0 saturated heterocycles. The van der Waals surface area contributed by atoms with Crippen LogP contribution in [-0.4, -0.2) is 22.3 Å². The average Bonchev–Trinajstić information content (AvgIpc) is 2.53. The van der Waals surface area contributed by atoms with Gasteiger partial charge in [0.25, 0.3) is 10.0 Å². The molecule has 1 N–H and O–H groups in total. The largest absolute Gasteiger partial charge is 0.369 e. The number of hydrogen-bond acceptors (Lipinski definition) is 4. The smallest absolute Gasteiger partial charge is 0.251 e. The van der Waals surface area contributed by atoms with Crippen molar-refractivity contribution in [3.8, 4) is 0 Å². The number of methoxy groups -OCH3 is 1. The molecule has 6 heteroatoms. The molecule has 0 spiro atoms. The average molecular weight is 207 g/mol. The van der Waals surface area contributed by atoms with Gasteiger partial charge in [-0.05, 0) is 11.4 Å². The van der Waals surface area contributed by atoms with Gasteiger partial charge in [0.15, 0.2) is 0 Å². The molecule has 12 heavy (non-hydrogen) atoms. The molecule has 0 aliphatic carbocycles. The Morgan fingerprint density at radius 3 is 2.92 bits per heavy atom. The molecule has 0 saturated carbocycles. The Balaban J connectivity index is 2.74. The van der Waals surface area contributed by atoms with E-state index in [1.54, 1.807) is 17.5 Å². The van der Waals surface area contributed by atoms with Crippen molar-refractivity contribution in [2.45, 2.75) is 4.21 Å². The maximum atomic E-state index is 11.3. The van der Waals surface area contributed by atoms with Gasteiger partial charge < -0.3 is 4.74 Å². The summed E-state index contributed by atoms with van der Waals surface area (Å²) in [5.74, 6) is 0. The fourth-order valence-electron chi connectivity index (χ4n) is 0.624. The monoisotopic (exact) mass is 207 g/mol. The minimum absolute atomic E-state index is 0.000231. The first-order valence-corrected chi connectivity index (χ1v) is 5.55. The van der Waals surface area contributed by atoms with Gasteiger partial charge in [-0.2, -0.15) is 4.72 Å². The van der Waals surface area contributed by atoms with E-state index in [1.807, 2.05) is 0 Å². The lowest BCUT2D eigenvalue weighted by atomic mass is 10.7. The Labute approximate surface area is 75.2 Å². The Morgan fingerprint density at radius 1 is 1.67 bits per heavy atom. The summed E-state index contributed by atoms with van der Waals surface area (Å²) in [6.07, 6.45) is 0. The molecule has 4 nitrogen and oxygen atoms in total. The Bertz CT molecular complexity index is 317. The normalized spacial score (nSPS) is 11.8. The zero-order valence-corrected chi connectivity index (χ0v) is 8.11. The molecule has 0 aliphatic heterocycles. The zero-order chi connectivity index (χ0) is 9.03. The minimum atomic E-state index is -3.34. The van der Waals surface area contributed by atoms with E-state index in [1.165, 1.54) is 18.4 Å². The van der Waals surface area contributed by atoms with Gasteiger partial charge in [0.1, 0.15) is 10.9 Å². The Hall–Kier alpha value is -0.430. The first kappa shape index (κ1) is 9.66. The number of hydrogen-bond donors (Lipinski definition) is 1. The maximum absolute atomic E-state index is 11.3. The van der Waals surface area contributed by atoms with E-state index in [0.717, 1.165) is 0 Å². The lowest BCUT2D eigenvalue weighted by Gasteiger charge is -2.01.